The fraction of sp³-hybridized carbons (Fsp3) is 0.684. The van der Waals surface area contributed by atoms with Crippen LogP contribution in [0.5, 0.6) is 0 Å². The first kappa shape index (κ1) is 20.2. The van der Waals surface area contributed by atoms with Crippen molar-refractivity contribution in [1.29, 1.82) is 0 Å². The van der Waals surface area contributed by atoms with Crippen molar-refractivity contribution in [2.75, 3.05) is 0 Å². The van der Waals surface area contributed by atoms with Gasteiger partial charge in [-0.2, -0.15) is 8.42 Å². The highest BCUT2D eigenvalue weighted by molar-refractivity contribution is 7.85. The van der Waals surface area contributed by atoms with Crippen LogP contribution in [0.4, 0.5) is 0 Å². The summed E-state index contributed by atoms with van der Waals surface area (Å²) >= 11 is 0. The Kier molecular flexibility index (Phi) is 8.85. The van der Waals surface area contributed by atoms with E-state index >= 15 is 0 Å². The second-order valence-electron chi connectivity index (χ2n) is 6.63. The molecule has 23 heavy (non-hydrogen) atoms. The van der Waals surface area contributed by atoms with E-state index in [1.807, 2.05) is 13.0 Å². The average molecular weight is 341 g/mol. The minimum Gasteiger partial charge on any atom is -0.282 e. The van der Waals surface area contributed by atoms with E-state index in [-0.39, 0.29) is 10.8 Å². The summed E-state index contributed by atoms with van der Waals surface area (Å²) in [6.45, 7) is 6.19. The van der Waals surface area contributed by atoms with E-state index in [0.29, 0.717) is 0 Å². The molecule has 1 rings (SSSR count). The third-order valence-corrected chi connectivity index (χ3v) is 5.46. The molecular weight excluding hydrogens is 308 g/mol. The molecular formula is C19H32O3S. The average Bonchev–Trinajstić information content (AvgIpc) is 2.48. The molecule has 4 heteroatoms. The Morgan fingerprint density at radius 1 is 1.00 bits per heavy atom. The van der Waals surface area contributed by atoms with E-state index in [4.69, 9.17) is 0 Å². The van der Waals surface area contributed by atoms with Gasteiger partial charge in [0, 0.05) is 0 Å². The molecule has 0 heterocycles. The third-order valence-electron chi connectivity index (χ3n) is 4.55. The number of benzene rings is 1. The van der Waals surface area contributed by atoms with Crippen molar-refractivity contribution in [3.8, 4) is 0 Å². The first-order chi connectivity index (χ1) is 10.9. The maximum absolute atomic E-state index is 11.6. The van der Waals surface area contributed by atoms with E-state index in [1.165, 1.54) is 51.0 Å². The summed E-state index contributed by atoms with van der Waals surface area (Å²) in [6, 6.07) is 5.10. The Labute approximate surface area is 142 Å². The quantitative estimate of drug-likeness (QED) is 0.404. The summed E-state index contributed by atoms with van der Waals surface area (Å²) < 4.78 is 32.6. The lowest BCUT2D eigenvalue weighted by Crippen LogP contribution is -2.08. The van der Waals surface area contributed by atoms with Crippen molar-refractivity contribution >= 4 is 10.1 Å². The second-order valence-corrected chi connectivity index (χ2v) is 8.02. The minimum absolute atomic E-state index is 0.0737. The fourth-order valence-electron chi connectivity index (χ4n) is 3.24. The standard InChI is InChI=1S/C19H32O3S/c1-4-5-6-7-8-9-10-11-13-16(2)19-17(3)14-12-15-18(19)23(20,21)22/h12,14-16H,4-11,13H2,1-3H3,(H,20,21,22). The fourth-order valence-corrected chi connectivity index (χ4v) is 4.13. The topological polar surface area (TPSA) is 54.4 Å². The SMILES string of the molecule is CCCCCCCCCCC(C)c1c(C)cccc1S(=O)(=O)O. The van der Waals surface area contributed by atoms with Gasteiger partial charge in [0.25, 0.3) is 10.1 Å². The summed E-state index contributed by atoms with van der Waals surface area (Å²) in [4.78, 5) is 0.0737. The van der Waals surface area contributed by atoms with E-state index in [2.05, 4.69) is 13.8 Å². The van der Waals surface area contributed by atoms with E-state index < -0.39 is 10.1 Å². The molecule has 0 aromatic heterocycles. The molecule has 0 radical (unpaired) electrons. The molecule has 0 saturated heterocycles. The minimum atomic E-state index is -4.15. The van der Waals surface area contributed by atoms with Crippen LogP contribution in [0.25, 0.3) is 0 Å². The molecule has 0 aliphatic heterocycles. The van der Waals surface area contributed by atoms with Gasteiger partial charge in [-0.1, -0.05) is 77.3 Å². The molecule has 0 spiro atoms. The largest absolute Gasteiger partial charge is 0.294 e. The van der Waals surface area contributed by atoms with Gasteiger partial charge in [-0.3, -0.25) is 4.55 Å². The number of hydrogen-bond donors (Lipinski definition) is 1. The van der Waals surface area contributed by atoms with Gasteiger partial charge in [0.2, 0.25) is 0 Å². The number of hydrogen-bond acceptors (Lipinski definition) is 2. The van der Waals surface area contributed by atoms with Gasteiger partial charge in [0.15, 0.2) is 0 Å². The molecule has 0 aliphatic carbocycles. The molecule has 0 amide bonds. The highest BCUT2D eigenvalue weighted by Gasteiger charge is 2.20. The summed E-state index contributed by atoms with van der Waals surface area (Å²) in [5, 5.41) is 0. The number of aryl methyl sites for hydroxylation is 1. The molecule has 0 bridgehead atoms. The molecule has 3 nitrogen and oxygen atoms in total. The molecule has 0 aliphatic rings. The maximum atomic E-state index is 11.6. The monoisotopic (exact) mass is 340 g/mol. The van der Waals surface area contributed by atoms with E-state index in [1.54, 1.807) is 6.07 Å². The van der Waals surface area contributed by atoms with Crippen LogP contribution >= 0.6 is 0 Å². The molecule has 1 unspecified atom stereocenters. The highest BCUT2D eigenvalue weighted by atomic mass is 32.2. The number of rotatable bonds is 11. The molecule has 1 aromatic rings. The molecule has 0 saturated carbocycles. The van der Waals surface area contributed by atoms with Crippen molar-refractivity contribution in [1.82, 2.24) is 0 Å². The first-order valence-electron chi connectivity index (χ1n) is 8.95. The Morgan fingerprint density at radius 2 is 1.57 bits per heavy atom. The van der Waals surface area contributed by atoms with Gasteiger partial charge in [-0.15, -0.1) is 0 Å². The summed E-state index contributed by atoms with van der Waals surface area (Å²) in [7, 11) is -4.15. The van der Waals surface area contributed by atoms with Crippen molar-refractivity contribution in [3.05, 3.63) is 29.3 Å². The Hall–Kier alpha value is -0.870. The van der Waals surface area contributed by atoms with Crippen molar-refractivity contribution in [2.45, 2.75) is 89.4 Å². The van der Waals surface area contributed by atoms with Crippen LogP contribution in [0, 0.1) is 6.92 Å². The Morgan fingerprint density at radius 3 is 2.13 bits per heavy atom. The van der Waals surface area contributed by atoms with Crippen LogP contribution in [-0.4, -0.2) is 13.0 Å². The van der Waals surface area contributed by atoms with Gasteiger partial charge in [0.05, 0.1) is 4.90 Å². The first-order valence-corrected chi connectivity index (χ1v) is 10.4. The zero-order chi connectivity index (χ0) is 17.3. The van der Waals surface area contributed by atoms with Crippen LogP contribution in [-0.2, 0) is 10.1 Å². The van der Waals surface area contributed by atoms with Gasteiger partial charge >= 0.3 is 0 Å². The van der Waals surface area contributed by atoms with Crippen LogP contribution in [0.15, 0.2) is 23.1 Å². The smallest absolute Gasteiger partial charge is 0.282 e. The van der Waals surface area contributed by atoms with Crippen LogP contribution in [0.1, 0.15) is 88.7 Å². The predicted molar refractivity (Wildman–Crippen MR) is 96.6 cm³/mol. The highest BCUT2D eigenvalue weighted by Crippen LogP contribution is 2.30. The van der Waals surface area contributed by atoms with Gasteiger partial charge < -0.3 is 0 Å². The molecule has 132 valence electrons. The summed E-state index contributed by atoms with van der Waals surface area (Å²) in [5.74, 6) is 0.146. The van der Waals surface area contributed by atoms with Gasteiger partial charge in [-0.25, -0.2) is 0 Å². The van der Waals surface area contributed by atoms with Crippen molar-refractivity contribution < 1.29 is 13.0 Å². The second kappa shape index (κ2) is 10.1. The van der Waals surface area contributed by atoms with Crippen LogP contribution in [0.2, 0.25) is 0 Å². The Bertz CT molecular complexity index is 564. The lowest BCUT2D eigenvalue weighted by Gasteiger charge is -2.17. The van der Waals surface area contributed by atoms with Gasteiger partial charge in [0.1, 0.15) is 0 Å². The molecule has 0 fully saturated rings. The number of unbranched alkanes of at least 4 members (excludes halogenated alkanes) is 7. The molecule has 1 atom stereocenters. The molecule has 1 aromatic carbocycles. The zero-order valence-electron chi connectivity index (χ0n) is 14.8. The van der Waals surface area contributed by atoms with Crippen molar-refractivity contribution in [2.24, 2.45) is 0 Å². The predicted octanol–water partition coefficient (Wildman–Crippen LogP) is 5.88. The normalized spacial score (nSPS) is 13.2. The van der Waals surface area contributed by atoms with E-state index in [9.17, 15) is 13.0 Å². The summed E-state index contributed by atoms with van der Waals surface area (Å²) in [5.41, 5.74) is 1.71. The zero-order valence-corrected chi connectivity index (χ0v) is 15.7. The van der Waals surface area contributed by atoms with Crippen LogP contribution < -0.4 is 0 Å². The Balaban J connectivity index is 2.48. The van der Waals surface area contributed by atoms with Gasteiger partial charge in [-0.05, 0) is 36.5 Å². The lowest BCUT2D eigenvalue weighted by atomic mass is 9.91. The molecule has 1 N–H and O–H groups in total. The van der Waals surface area contributed by atoms with Crippen molar-refractivity contribution in [3.63, 3.8) is 0 Å². The van der Waals surface area contributed by atoms with Crippen LogP contribution in [0.3, 0.4) is 0 Å². The lowest BCUT2D eigenvalue weighted by molar-refractivity contribution is 0.479. The van der Waals surface area contributed by atoms with E-state index in [0.717, 1.165) is 24.0 Å². The third kappa shape index (κ3) is 7.05. The maximum Gasteiger partial charge on any atom is 0.294 e. The summed E-state index contributed by atoms with van der Waals surface area (Å²) in [6.07, 6.45) is 11.1.